The van der Waals surface area contributed by atoms with Crippen LogP contribution in [0.1, 0.15) is 81.7 Å². The van der Waals surface area contributed by atoms with Gasteiger partial charge in [-0.1, -0.05) is 45.0 Å². The number of piperazine rings is 1. The van der Waals surface area contributed by atoms with Crippen LogP contribution >= 0.6 is 0 Å². The van der Waals surface area contributed by atoms with Gasteiger partial charge in [0.2, 0.25) is 0 Å². The van der Waals surface area contributed by atoms with Gasteiger partial charge >= 0.3 is 0 Å². The molecule has 0 radical (unpaired) electrons. The molecule has 2 aromatic rings. The lowest BCUT2D eigenvalue weighted by Crippen LogP contribution is -2.50. The number of likely N-dealkylation sites (N-methyl/N-ethyl adjacent to an activating group) is 1. The number of aliphatic imine (C=N–C) groups is 1. The number of anilines is 2. The minimum atomic E-state index is -2.82. The zero-order valence-corrected chi connectivity index (χ0v) is 26.4. The Balaban J connectivity index is 1.56. The second kappa shape index (κ2) is 13.9. The lowest BCUT2D eigenvalue weighted by Gasteiger charge is -2.40. The van der Waals surface area contributed by atoms with Crippen LogP contribution in [0.25, 0.3) is 0 Å². The molecule has 0 bridgehead atoms. The first-order valence-electron chi connectivity index (χ1n) is 15.6. The van der Waals surface area contributed by atoms with E-state index in [2.05, 4.69) is 66.5 Å². The van der Waals surface area contributed by atoms with E-state index in [-0.39, 0.29) is 18.0 Å². The van der Waals surface area contributed by atoms with Crippen LogP contribution in [0.15, 0.2) is 65.6 Å². The van der Waals surface area contributed by atoms with Gasteiger partial charge in [-0.3, -0.25) is 0 Å². The molecule has 7 heteroatoms. The first-order chi connectivity index (χ1) is 20.1. The highest BCUT2D eigenvalue weighted by Crippen LogP contribution is 2.39. The van der Waals surface area contributed by atoms with Crippen LogP contribution < -0.4 is 10.2 Å². The summed E-state index contributed by atoms with van der Waals surface area (Å²) in [7, 11) is 2.20. The van der Waals surface area contributed by atoms with E-state index in [1.165, 1.54) is 16.8 Å². The molecule has 2 aliphatic heterocycles. The van der Waals surface area contributed by atoms with Gasteiger partial charge < -0.3 is 20.0 Å². The fourth-order valence-corrected chi connectivity index (χ4v) is 6.27. The van der Waals surface area contributed by atoms with Gasteiger partial charge in [-0.25, -0.2) is 13.8 Å². The molecule has 0 aliphatic carbocycles. The topological polar surface area (TPSA) is 34.1 Å². The van der Waals surface area contributed by atoms with Gasteiger partial charge in [-0.2, -0.15) is 0 Å². The molecule has 0 aromatic heterocycles. The molecule has 0 spiro atoms. The highest BCUT2D eigenvalue weighted by molar-refractivity contribution is 5.67. The number of likely N-dealkylation sites (tertiary alicyclic amines) is 1. The first kappa shape index (κ1) is 31.7. The van der Waals surface area contributed by atoms with Crippen molar-refractivity contribution in [3.63, 3.8) is 0 Å². The van der Waals surface area contributed by atoms with Gasteiger partial charge in [0.15, 0.2) is 0 Å². The number of hydrogen-bond acceptors (Lipinski definition) is 5. The van der Waals surface area contributed by atoms with E-state index in [0.29, 0.717) is 12.5 Å². The van der Waals surface area contributed by atoms with Crippen LogP contribution in [0, 0.1) is 6.92 Å². The zero-order valence-electron chi connectivity index (χ0n) is 26.4. The highest BCUT2D eigenvalue weighted by Gasteiger charge is 2.33. The standard InChI is InChI=1S/C35H49F2N5/c1-8-16-35(36,37)30-14-11-13-29(22-30)32-15-12-17-42(32)34(38-10-3)21-26(5)39-31-20-25(4)33(23-28(31)9-2)41-19-18-40(7)27(6)24-41/h10-11,13-14,20-23,27,32,39H,5,8-9,12,15-19,24H2,1-4,6-7H3/b34-21+,38-10-. The number of nitrogens with zero attached hydrogens (tertiary/aromatic N) is 4. The fourth-order valence-electron chi connectivity index (χ4n) is 6.27. The van der Waals surface area contributed by atoms with E-state index < -0.39 is 5.92 Å². The Morgan fingerprint density at radius 2 is 1.95 bits per heavy atom. The van der Waals surface area contributed by atoms with E-state index in [1.54, 1.807) is 31.3 Å². The normalized spacial score (nSPS) is 20.5. The number of benzene rings is 2. The van der Waals surface area contributed by atoms with Crippen molar-refractivity contribution in [1.29, 1.82) is 0 Å². The van der Waals surface area contributed by atoms with Crippen molar-refractivity contribution in [2.75, 3.05) is 43.4 Å². The molecule has 1 N–H and O–H groups in total. The smallest absolute Gasteiger partial charge is 0.273 e. The molecule has 2 aliphatic rings. The monoisotopic (exact) mass is 577 g/mol. The maximum atomic E-state index is 14.8. The van der Waals surface area contributed by atoms with Crippen molar-refractivity contribution < 1.29 is 8.78 Å². The van der Waals surface area contributed by atoms with Gasteiger partial charge in [0.1, 0.15) is 5.82 Å². The van der Waals surface area contributed by atoms with Crippen LogP contribution in [0.5, 0.6) is 0 Å². The number of allylic oxidation sites excluding steroid dienone is 1. The Morgan fingerprint density at radius 3 is 2.64 bits per heavy atom. The quantitative estimate of drug-likeness (QED) is 0.215. The average Bonchev–Trinajstić information content (AvgIpc) is 3.45. The molecule has 2 heterocycles. The Morgan fingerprint density at radius 1 is 1.17 bits per heavy atom. The third-order valence-electron chi connectivity index (χ3n) is 8.77. The van der Waals surface area contributed by atoms with Gasteiger partial charge in [0, 0.05) is 73.6 Å². The van der Waals surface area contributed by atoms with E-state index >= 15 is 0 Å². The maximum absolute atomic E-state index is 14.8. The average molecular weight is 578 g/mol. The van der Waals surface area contributed by atoms with Gasteiger partial charge in [0.05, 0.1) is 6.04 Å². The van der Waals surface area contributed by atoms with Gasteiger partial charge in [-0.05, 0) is 82.0 Å². The summed E-state index contributed by atoms with van der Waals surface area (Å²) < 4.78 is 29.5. The number of hydrogen-bond donors (Lipinski definition) is 1. The summed E-state index contributed by atoms with van der Waals surface area (Å²) in [6.07, 6.45) is 6.84. The maximum Gasteiger partial charge on any atom is 0.273 e. The Kier molecular flexibility index (Phi) is 10.5. The molecule has 42 heavy (non-hydrogen) atoms. The summed E-state index contributed by atoms with van der Waals surface area (Å²) in [5.74, 6) is -2.03. The second-order valence-corrected chi connectivity index (χ2v) is 11.9. The molecule has 2 aromatic carbocycles. The van der Waals surface area contributed by atoms with Crippen molar-refractivity contribution in [1.82, 2.24) is 9.80 Å². The van der Waals surface area contributed by atoms with E-state index in [4.69, 9.17) is 4.99 Å². The number of alkyl halides is 2. The van der Waals surface area contributed by atoms with Crippen molar-refractivity contribution >= 4 is 17.6 Å². The molecule has 2 fully saturated rings. The number of halogens is 2. The summed E-state index contributed by atoms with van der Waals surface area (Å²) in [6.45, 7) is 18.6. The SMILES string of the molecule is C=C(/C=C(\N=C/C)N1CCCC1c1cccc(C(F)(F)CCC)c1)Nc1cc(C)c(N2CCN(C)C(C)C2)cc1CC. The summed E-state index contributed by atoms with van der Waals surface area (Å²) in [4.78, 5) is 11.9. The minimum Gasteiger partial charge on any atom is -0.368 e. The molecular formula is C35H49F2N5. The zero-order chi connectivity index (χ0) is 30.4. The molecule has 0 saturated carbocycles. The molecule has 4 rings (SSSR count). The molecule has 2 saturated heterocycles. The summed E-state index contributed by atoms with van der Waals surface area (Å²) in [5, 5.41) is 3.56. The second-order valence-electron chi connectivity index (χ2n) is 11.9. The third-order valence-corrected chi connectivity index (χ3v) is 8.77. The predicted octanol–water partition coefficient (Wildman–Crippen LogP) is 8.28. The Hall–Kier alpha value is -3.19. The van der Waals surface area contributed by atoms with Crippen molar-refractivity contribution in [3.8, 4) is 0 Å². The molecular weight excluding hydrogens is 528 g/mol. The highest BCUT2D eigenvalue weighted by atomic mass is 19.3. The molecule has 228 valence electrons. The van der Waals surface area contributed by atoms with Crippen molar-refractivity contribution in [3.05, 3.63) is 82.8 Å². The summed E-state index contributed by atoms with van der Waals surface area (Å²) in [5.41, 5.74) is 6.62. The van der Waals surface area contributed by atoms with E-state index in [9.17, 15) is 8.78 Å². The van der Waals surface area contributed by atoms with E-state index in [1.807, 2.05) is 19.1 Å². The lowest BCUT2D eigenvalue weighted by atomic mass is 9.97. The van der Waals surface area contributed by atoms with Crippen LogP contribution in [-0.4, -0.2) is 55.3 Å². The summed E-state index contributed by atoms with van der Waals surface area (Å²) >= 11 is 0. The fraction of sp³-hybridized carbons (Fsp3) is 0.514. The predicted molar refractivity (Wildman–Crippen MR) is 174 cm³/mol. The Bertz CT molecular complexity index is 1300. The van der Waals surface area contributed by atoms with Gasteiger partial charge in [0.25, 0.3) is 5.92 Å². The third kappa shape index (κ3) is 7.23. The largest absolute Gasteiger partial charge is 0.368 e. The number of aryl methyl sites for hydroxylation is 2. The van der Waals surface area contributed by atoms with Crippen molar-refractivity contribution in [2.24, 2.45) is 4.99 Å². The van der Waals surface area contributed by atoms with Crippen molar-refractivity contribution in [2.45, 2.75) is 84.7 Å². The van der Waals surface area contributed by atoms with Crippen LogP contribution in [0.2, 0.25) is 0 Å². The Labute approximate surface area is 252 Å². The molecule has 5 nitrogen and oxygen atoms in total. The molecule has 2 atom stereocenters. The number of rotatable bonds is 11. The van der Waals surface area contributed by atoms with Crippen LogP contribution in [0.4, 0.5) is 20.2 Å². The molecule has 2 unspecified atom stereocenters. The van der Waals surface area contributed by atoms with E-state index in [0.717, 1.165) is 68.2 Å². The number of nitrogens with one attached hydrogen (secondary N) is 1. The van der Waals surface area contributed by atoms with Crippen LogP contribution in [-0.2, 0) is 12.3 Å². The van der Waals surface area contributed by atoms with Crippen LogP contribution in [0.3, 0.4) is 0 Å². The summed E-state index contributed by atoms with van der Waals surface area (Å²) in [6, 6.07) is 12.0. The first-order valence-corrected chi connectivity index (χ1v) is 15.6. The minimum absolute atomic E-state index is 0.0103. The van der Waals surface area contributed by atoms with Gasteiger partial charge in [-0.15, -0.1) is 0 Å². The molecule has 0 amide bonds. The lowest BCUT2D eigenvalue weighted by molar-refractivity contribution is -0.0141.